The number of nitrogens with one attached hydrogen (secondary N) is 1. The van der Waals surface area contributed by atoms with Crippen molar-refractivity contribution in [3.63, 3.8) is 0 Å². The van der Waals surface area contributed by atoms with Crippen LogP contribution in [-0.2, 0) is 30.7 Å². The van der Waals surface area contributed by atoms with Crippen LogP contribution >= 0.6 is 0 Å². The predicted octanol–water partition coefficient (Wildman–Crippen LogP) is 3.58. The third kappa shape index (κ3) is 6.42. The summed E-state index contributed by atoms with van der Waals surface area (Å²) in [6.07, 6.45) is -0.978. The third-order valence-electron chi connectivity index (χ3n) is 4.70. The van der Waals surface area contributed by atoms with Crippen LogP contribution in [0.1, 0.15) is 24.5 Å². The van der Waals surface area contributed by atoms with E-state index in [1.54, 1.807) is 31.2 Å². The van der Waals surface area contributed by atoms with Gasteiger partial charge in [-0.1, -0.05) is 17.7 Å². The number of amides is 1. The van der Waals surface area contributed by atoms with Crippen LogP contribution < -0.4 is 10.9 Å². The van der Waals surface area contributed by atoms with E-state index in [4.69, 9.17) is 13.9 Å². The predicted molar refractivity (Wildman–Crippen MR) is 121 cm³/mol. The van der Waals surface area contributed by atoms with E-state index in [1.165, 1.54) is 24.3 Å². The molecule has 10 heteroatoms. The molecule has 9 nitrogen and oxygen atoms in total. The molecule has 174 valence electrons. The summed E-state index contributed by atoms with van der Waals surface area (Å²) in [6, 6.07) is 12.2. The topological polar surface area (TPSA) is 129 Å². The molecule has 0 aliphatic carbocycles. The van der Waals surface area contributed by atoms with Crippen LogP contribution in [-0.4, -0.2) is 32.8 Å². The van der Waals surface area contributed by atoms with E-state index >= 15 is 0 Å². The van der Waals surface area contributed by atoms with Gasteiger partial charge in [-0.2, -0.15) is 0 Å². The van der Waals surface area contributed by atoms with Crippen LogP contribution in [0, 0.1) is 6.92 Å². The molecule has 0 bridgehead atoms. The van der Waals surface area contributed by atoms with Gasteiger partial charge in [-0.25, -0.2) is 18.0 Å². The zero-order valence-corrected chi connectivity index (χ0v) is 18.9. The molecule has 33 heavy (non-hydrogen) atoms. The molecule has 0 unspecified atom stereocenters. The van der Waals surface area contributed by atoms with Crippen molar-refractivity contribution in [3.8, 4) is 0 Å². The molecule has 2 aromatic carbocycles. The van der Waals surface area contributed by atoms with Gasteiger partial charge in [0.05, 0.1) is 23.7 Å². The van der Waals surface area contributed by atoms with Gasteiger partial charge in [0, 0.05) is 28.8 Å². The maximum atomic E-state index is 12.4. The largest absolute Gasteiger partial charge is 0.461 e. The lowest BCUT2D eigenvalue weighted by molar-refractivity contribution is -0.144. The molecule has 0 saturated carbocycles. The highest BCUT2D eigenvalue weighted by molar-refractivity contribution is 7.91. The van der Waals surface area contributed by atoms with Gasteiger partial charge in [0.1, 0.15) is 12.2 Å². The normalized spacial score (nSPS) is 11.2. The Bertz CT molecular complexity index is 1330. The first kappa shape index (κ1) is 24.0. The van der Waals surface area contributed by atoms with Crippen LogP contribution in [0.3, 0.4) is 0 Å². The molecular weight excluding hydrogens is 450 g/mol. The summed E-state index contributed by atoms with van der Waals surface area (Å²) in [6.45, 7) is 3.48. The molecule has 0 spiro atoms. The zero-order chi connectivity index (χ0) is 24.0. The fraction of sp³-hybridized carbons (Fsp3) is 0.261. The lowest BCUT2D eigenvalue weighted by atomic mass is 10.1. The number of ether oxygens (including phenoxy) is 2. The van der Waals surface area contributed by atoms with Crippen molar-refractivity contribution in [2.24, 2.45) is 0 Å². The molecule has 1 heterocycles. The lowest BCUT2D eigenvalue weighted by Crippen LogP contribution is -2.14. The molecule has 0 radical (unpaired) electrons. The minimum atomic E-state index is -3.63. The van der Waals surface area contributed by atoms with Gasteiger partial charge in [0.15, 0.2) is 9.84 Å². The number of esters is 1. The maximum Gasteiger partial charge on any atom is 0.411 e. The van der Waals surface area contributed by atoms with E-state index in [0.29, 0.717) is 16.6 Å². The number of aryl methyl sites for hydroxylation is 1. The van der Waals surface area contributed by atoms with Gasteiger partial charge < -0.3 is 13.9 Å². The quantitative estimate of drug-likeness (QED) is 0.388. The number of sulfone groups is 1. The van der Waals surface area contributed by atoms with Crippen LogP contribution in [0.25, 0.3) is 11.0 Å². The molecule has 1 amide bonds. The second-order valence-electron chi connectivity index (χ2n) is 7.19. The summed E-state index contributed by atoms with van der Waals surface area (Å²) in [7, 11) is -3.63. The summed E-state index contributed by atoms with van der Waals surface area (Å²) < 4.78 is 40.0. The fourth-order valence-corrected chi connectivity index (χ4v) is 4.25. The van der Waals surface area contributed by atoms with Crippen LogP contribution in [0.5, 0.6) is 0 Å². The van der Waals surface area contributed by atoms with Crippen molar-refractivity contribution in [1.82, 2.24) is 0 Å². The SMILES string of the molecule is CCOC(=O)Nc1ccc2c(COC(=O)CCS(=O)(=O)c3ccc(C)cc3)cc(=O)oc2c1. The Kier molecular flexibility index (Phi) is 7.49. The van der Waals surface area contributed by atoms with E-state index in [2.05, 4.69) is 5.32 Å². The molecule has 0 atom stereocenters. The molecule has 3 rings (SSSR count). The van der Waals surface area contributed by atoms with E-state index in [9.17, 15) is 22.8 Å². The minimum absolute atomic E-state index is 0.139. The van der Waals surface area contributed by atoms with Gasteiger partial charge in [0.2, 0.25) is 0 Å². The first-order valence-corrected chi connectivity index (χ1v) is 11.8. The van der Waals surface area contributed by atoms with Gasteiger partial charge in [0.25, 0.3) is 0 Å². The van der Waals surface area contributed by atoms with E-state index in [1.807, 2.05) is 6.92 Å². The zero-order valence-electron chi connectivity index (χ0n) is 18.1. The molecule has 1 aromatic heterocycles. The number of carbonyl (C=O) groups is 2. The fourth-order valence-electron chi connectivity index (χ4n) is 3.02. The number of hydrogen-bond acceptors (Lipinski definition) is 8. The Morgan fingerprint density at radius 3 is 2.45 bits per heavy atom. The summed E-state index contributed by atoms with van der Waals surface area (Å²) in [5.41, 5.74) is 1.20. The average molecular weight is 474 g/mol. The van der Waals surface area contributed by atoms with Crippen LogP contribution in [0.15, 0.2) is 62.6 Å². The molecule has 1 N–H and O–H groups in total. The standard InChI is InChI=1S/C23H23NO8S/c1-3-30-23(27)24-17-6-9-19-16(12-22(26)32-20(19)13-17)14-31-21(25)10-11-33(28,29)18-7-4-15(2)5-8-18/h4-9,12-13H,3,10-11,14H2,1-2H3,(H,24,27). The summed E-state index contributed by atoms with van der Waals surface area (Å²) in [5.74, 6) is -1.11. The monoisotopic (exact) mass is 473 g/mol. The molecule has 0 aliphatic rings. The first-order valence-electron chi connectivity index (χ1n) is 10.1. The Hall–Kier alpha value is -3.66. The van der Waals surface area contributed by atoms with E-state index in [-0.39, 0.29) is 30.1 Å². The second kappa shape index (κ2) is 10.3. The van der Waals surface area contributed by atoms with Gasteiger partial charge in [-0.3, -0.25) is 10.1 Å². The number of fused-ring (bicyclic) bond motifs is 1. The van der Waals surface area contributed by atoms with Gasteiger partial charge in [-0.05, 0) is 38.1 Å². The highest BCUT2D eigenvalue weighted by atomic mass is 32.2. The van der Waals surface area contributed by atoms with Crippen molar-refractivity contribution >= 4 is 38.6 Å². The Morgan fingerprint density at radius 2 is 1.76 bits per heavy atom. The number of benzene rings is 2. The van der Waals surface area contributed by atoms with Crippen molar-refractivity contribution in [1.29, 1.82) is 0 Å². The minimum Gasteiger partial charge on any atom is -0.461 e. The maximum absolute atomic E-state index is 12.4. The van der Waals surface area contributed by atoms with Crippen molar-refractivity contribution in [2.45, 2.75) is 31.8 Å². The third-order valence-corrected chi connectivity index (χ3v) is 6.43. The van der Waals surface area contributed by atoms with Crippen molar-refractivity contribution < 1.29 is 31.9 Å². The van der Waals surface area contributed by atoms with Crippen LogP contribution in [0.2, 0.25) is 0 Å². The summed E-state index contributed by atoms with van der Waals surface area (Å²) >= 11 is 0. The van der Waals surface area contributed by atoms with E-state index < -0.39 is 33.3 Å². The van der Waals surface area contributed by atoms with Crippen molar-refractivity contribution in [2.75, 3.05) is 17.7 Å². The Morgan fingerprint density at radius 1 is 1.03 bits per heavy atom. The lowest BCUT2D eigenvalue weighted by Gasteiger charge is -2.09. The molecular formula is C23H23NO8S. The average Bonchev–Trinajstić information content (AvgIpc) is 2.76. The molecule has 0 saturated heterocycles. The molecule has 0 aliphatic heterocycles. The number of carbonyl (C=O) groups excluding carboxylic acids is 2. The number of hydrogen-bond donors (Lipinski definition) is 1. The smallest absolute Gasteiger partial charge is 0.411 e. The number of anilines is 1. The summed E-state index contributed by atoms with van der Waals surface area (Å²) in [5, 5.41) is 3.01. The Balaban J connectivity index is 1.66. The van der Waals surface area contributed by atoms with Gasteiger partial charge >= 0.3 is 17.7 Å². The molecule has 0 fully saturated rings. The van der Waals surface area contributed by atoms with Crippen molar-refractivity contribution in [3.05, 3.63) is 70.1 Å². The first-order chi connectivity index (χ1) is 15.7. The van der Waals surface area contributed by atoms with Crippen LogP contribution in [0.4, 0.5) is 10.5 Å². The van der Waals surface area contributed by atoms with Gasteiger partial charge in [-0.15, -0.1) is 0 Å². The molecule has 3 aromatic rings. The summed E-state index contributed by atoms with van der Waals surface area (Å²) in [4.78, 5) is 35.8. The highest BCUT2D eigenvalue weighted by Crippen LogP contribution is 2.22. The number of rotatable bonds is 8. The Labute approximate surface area is 190 Å². The second-order valence-corrected chi connectivity index (χ2v) is 9.30. The van der Waals surface area contributed by atoms with E-state index in [0.717, 1.165) is 5.56 Å². The highest BCUT2D eigenvalue weighted by Gasteiger charge is 2.18.